The standard InChI is InChI=1S/C17H18BrNO6/c1-3-25-16(21)8-15(20)19(12-6-4-11(18)5-7-12)14-10-24-9-13(14)17(22)23-2/h4-7H,3,8-10H2,1-2H3. The molecule has 0 N–H and O–H groups in total. The number of halogens is 1. The Morgan fingerprint density at radius 3 is 2.48 bits per heavy atom. The highest BCUT2D eigenvalue weighted by atomic mass is 79.9. The monoisotopic (exact) mass is 411 g/mol. The minimum atomic E-state index is -0.631. The number of carbonyl (C=O) groups is 3. The predicted molar refractivity (Wildman–Crippen MR) is 92.7 cm³/mol. The van der Waals surface area contributed by atoms with Crippen molar-refractivity contribution >= 4 is 39.5 Å². The second kappa shape index (κ2) is 8.77. The average Bonchev–Trinajstić information content (AvgIpc) is 3.05. The molecule has 2 rings (SSSR count). The molecule has 1 amide bonds. The molecule has 7 nitrogen and oxygen atoms in total. The Kier molecular flexibility index (Phi) is 6.72. The largest absolute Gasteiger partial charge is 0.466 e. The maximum absolute atomic E-state index is 12.7. The van der Waals surface area contributed by atoms with Gasteiger partial charge in [0.05, 0.1) is 38.2 Å². The van der Waals surface area contributed by atoms with Crippen LogP contribution in [0.3, 0.4) is 0 Å². The van der Waals surface area contributed by atoms with Crippen molar-refractivity contribution in [1.29, 1.82) is 0 Å². The number of hydrogen-bond donors (Lipinski definition) is 0. The van der Waals surface area contributed by atoms with Crippen molar-refractivity contribution in [2.45, 2.75) is 13.3 Å². The third-order valence-electron chi connectivity index (χ3n) is 3.47. The summed E-state index contributed by atoms with van der Waals surface area (Å²) in [5.41, 5.74) is 1.13. The van der Waals surface area contributed by atoms with Crippen LogP contribution < -0.4 is 4.90 Å². The molecule has 1 aliphatic rings. The number of amides is 1. The Morgan fingerprint density at radius 2 is 1.88 bits per heavy atom. The Bertz CT molecular complexity index is 698. The zero-order chi connectivity index (χ0) is 18.4. The summed E-state index contributed by atoms with van der Waals surface area (Å²) in [7, 11) is 1.26. The van der Waals surface area contributed by atoms with Gasteiger partial charge in [0, 0.05) is 10.2 Å². The van der Waals surface area contributed by atoms with Gasteiger partial charge in [-0.2, -0.15) is 0 Å². The first-order chi connectivity index (χ1) is 12.0. The SMILES string of the molecule is CCOC(=O)CC(=O)N(C1=C(C(=O)OC)COC1)c1ccc(Br)cc1. The number of nitrogens with zero attached hydrogens (tertiary/aromatic N) is 1. The van der Waals surface area contributed by atoms with E-state index in [1.807, 2.05) is 0 Å². The predicted octanol–water partition coefficient (Wildman–Crippen LogP) is 2.19. The van der Waals surface area contributed by atoms with Crippen LogP contribution in [0.4, 0.5) is 5.69 Å². The number of esters is 2. The van der Waals surface area contributed by atoms with Crippen LogP contribution in [-0.2, 0) is 28.6 Å². The molecule has 0 bridgehead atoms. The highest BCUT2D eigenvalue weighted by Gasteiger charge is 2.31. The topological polar surface area (TPSA) is 82.1 Å². The van der Waals surface area contributed by atoms with Gasteiger partial charge in [0.2, 0.25) is 5.91 Å². The van der Waals surface area contributed by atoms with Crippen molar-refractivity contribution in [3.8, 4) is 0 Å². The zero-order valence-electron chi connectivity index (χ0n) is 13.9. The Morgan fingerprint density at radius 1 is 1.20 bits per heavy atom. The molecule has 1 aromatic carbocycles. The van der Waals surface area contributed by atoms with E-state index in [0.29, 0.717) is 11.4 Å². The summed E-state index contributed by atoms with van der Waals surface area (Å²) in [6.45, 7) is 1.96. The number of rotatable bonds is 6. The molecule has 1 heterocycles. The first kappa shape index (κ1) is 19.1. The minimum absolute atomic E-state index is 0.0434. The first-order valence-electron chi connectivity index (χ1n) is 7.60. The minimum Gasteiger partial charge on any atom is -0.466 e. The lowest BCUT2D eigenvalue weighted by molar-refractivity contribution is -0.145. The molecule has 1 aliphatic heterocycles. The van der Waals surface area contributed by atoms with E-state index in [9.17, 15) is 14.4 Å². The van der Waals surface area contributed by atoms with E-state index < -0.39 is 24.3 Å². The lowest BCUT2D eigenvalue weighted by Gasteiger charge is -2.24. The number of benzene rings is 1. The lowest BCUT2D eigenvalue weighted by Crippen LogP contribution is -2.34. The van der Waals surface area contributed by atoms with Crippen LogP contribution in [0.15, 0.2) is 40.0 Å². The van der Waals surface area contributed by atoms with Gasteiger partial charge in [-0.25, -0.2) is 4.79 Å². The summed E-state index contributed by atoms with van der Waals surface area (Å²) in [6, 6.07) is 6.92. The molecule has 1 aromatic rings. The van der Waals surface area contributed by atoms with Crippen molar-refractivity contribution in [1.82, 2.24) is 0 Å². The summed E-state index contributed by atoms with van der Waals surface area (Å²) < 4.78 is 15.8. The molecule has 134 valence electrons. The number of ether oxygens (including phenoxy) is 3. The van der Waals surface area contributed by atoms with Crippen LogP contribution in [0.2, 0.25) is 0 Å². The van der Waals surface area contributed by atoms with Crippen molar-refractivity contribution < 1.29 is 28.6 Å². The smallest absolute Gasteiger partial charge is 0.337 e. The van der Waals surface area contributed by atoms with Crippen molar-refractivity contribution in [3.05, 3.63) is 40.0 Å². The summed E-state index contributed by atoms with van der Waals surface area (Å²) in [5, 5.41) is 0. The van der Waals surface area contributed by atoms with Gasteiger partial charge in [-0.1, -0.05) is 15.9 Å². The van der Waals surface area contributed by atoms with E-state index >= 15 is 0 Å². The number of anilines is 1. The molecule has 8 heteroatoms. The molecular formula is C17H18BrNO6. The molecule has 0 unspecified atom stereocenters. The Balaban J connectivity index is 2.42. The quantitative estimate of drug-likeness (QED) is 0.527. The van der Waals surface area contributed by atoms with Crippen LogP contribution in [0.25, 0.3) is 0 Å². The van der Waals surface area contributed by atoms with Gasteiger partial charge < -0.3 is 14.2 Å². The second-order valence-electron chi connectivity index (χ2n) is 5.10. The second-order valence-corrected chi connectivity index (χ2v) is 6.01. The van der Waals surface area contributed by atoms with E-state index in [2.05, 4.69) is 15.9 Å². The third-order valence-corrected chi connectivity index (χ3v) is 4.00. The van der Waals surface area contributed by atoms with Crippen LogP contribution in [0, 0.1) is 0 Å². The molecule has 25 heavy (non-hydrogen) atoms. The fourth-order valence-corrected chi connectivity index (χ4v) is 2.64. The van der Waals surface area contributed by atoms with Crippen LogP contribution in [-0.4, -0.2) is 44.8 Å². The molecule has 0 spiro atoms. The molecule has 0 atom stereocenters. The summed E-state index contributed by atoms with van der Waals surface area (Å²) in [5.74, 6) is -1.71. The fraction of sp³-hybridized carbons (Fsp3) is 0.353. The molecule has 0 fully saturated rings. The van der Waals surface area contributed by atoms with E-state index in [-0.39, 0.29) is 25.4 Å². The lowest BCUT2D eigenvalue weighted by atomic mass is 10.1. The van der Waals surface area contributed by atoms with Crippen LogP contribution in [0.5, 0.6) is 0 Å². The molecule has 0 aliphatic carbocycles. The van der Waals surface area contributed by atoms with Crippen molar-refractivity contribution in [2.24, 2.45) is 0 Å². The van der Waals surface area contributed by atoms with Crippen molar-refractivity contribution in [2.75, 3.05) is 31.8 Å². The number of methoxy groups -OCH3 is 1. The van der Waals surface area contributed by atoms with E-state index in [4.69, 9.17) is 14.2 Å². The van der Waals surface area contributed by atoms with E-state index in [0.717, 1.165) is 4.47 Å². The molecule has 0 radical (unpaired) electrons. The Labute approximate surface area is 153 Å². The van der Waals surface area contributed by atoms with E-state index in [1.165, 1.54) is 12.0 Å². The van der Waals surface area contributed by atoms with Gasteiger partial charge in [0.25, 0.3) is 0 Å². The van der Waals surface area contributed by atoms with Gasteiger partial charge in [0.15, 0.2) is 0 Å². The molecule has 0 aromatic heterocycles. The summed E-state index contributed by atoms with van der Waals surface area (Å²) in [6.07, 6.45) is -0.443. The first-order valence-corrected chi connectivity index (χ1v) is 8.39. The Hall–Kier alpha value is -2.19. The maximum Gasteiger partial charge on any atom is 0.337 e. The molecular weight excluding hydrogens is 394 g/mol. The normalized spacial score (nSPS) is 13.6. The van der Waals surface area contributed by atoms with Gasteiger partial charge in [-0.05, 0) is 31.2 Å². The van der Waals surface area contributed by atoms with Gasteiger partial charge in [-0.3, -0.25) is 14.5 Å². The average molecular weight is 412 g/mol. The summed E-state index contributed by atoms with van der Waals surface area (Å²) in [4.78, 5) is 37.7. The van der Waals surface area contributed by atoms with Crippen LogP contribution in [0.1, 0.15) is 13.3 Å². The van der Waals surface area contributed by atoms with Gasteiger partial charge in [0.1, 0.15) is 6.42 Å². The summed E-state index contributed by atoms with van der Waals surface area (Å²) >= 11 is 3.33. The molecule has 0 saturated heterocycles. The van der Waals surface area contributed by atoms with Gasteiger partial charge in [-0.15, -0.1) is 0 Å². The molecule has 0 saturated carbocycles. The number of hydrogen-bond acceptors (Lipinski definition) is 6. The van der Waals surface area contributed by atoms with Gasteiger partial charge >= 0.3 is 11.9 Å². The van der Waals surface area contributed by atoms with Crippen molar-refractivity contribution in [3.63, 3.8) is 0 Å². The van der Waals surface area contributed by atoms with E-state index in [1.54, 1.807) is 31.2 Å². The van der Waals surface area contributed by atoms with Crippen LogP contribution >= 0.6 is 15.9 Å². The zero-order valence-corrected chi connectivity index (χ0v) is 15.5. The highest BCUT2D eigenvalue weighted by molar-refractivity contribution is 9.10. The highest BCUT2D eigenvalue weighted by Crippen LogP contribution is 2.28. The number of carbonyl (C=O) groups excluding carboxylic acids is 3. The fourth-order valence-electron chi connectivity index (χ4n) is 2.37. The third kappa shape index (κ3) is 4.67. The maximum atomic E-state index is 12.7.